The zero-order valence-corrected chi connectivity index (χ0v) is 15.0. The predicted octanol–water partition coefficient (Wildman–Crippen LogP) is 2.71. The Morgan fingerprint density at radius 2 is 1.93 bits per heavy atom. The highest BCUT2D eigenvalue weighted by atomic mass is 16.5. The van der Waals surface area contributed by atoms with Crippen LogP contribution in [0.5, 0.6) is 5.75 Å². The minimum Gasteiger partial charge on any atom is -0.497 e. The van der Waals surface area contributed by atoms with Crippen molar-refractivity contribution >= 4 is 11.7 Å². The molecule has 4 rings (SSSR count). The van der Waals surface area contributed by atoms with E-state index in [-0.39, 0.29) is 5.91 Å². The number of hydrogen-bond acceptors (Lipinski definition) is 6. The van der Waals surface area contributed by atoms with Gasteiger partial charge in [-0.05, 0) is 24.3 Å². The van der Waals surface area contributed by atoms with Gasteiger partial charge < -0.3 is 19.1 Å². The van der Waals surface area contributed by atoms with Crippen molar-refractivity contribution < 1.29 is 14.1 Å². The van der Waals surface area contributed by atoms with Crippen molar-refractivity contribution in [2.45, 2.75) is 0 Å². The molecule has 3 heterocycles. The van der Waals surface area contributed by atoms with Gasteiger partial charge >= 0.3 is 0 Å². The summed E-state index contributed by atoms with van der Waals surface area (Å²) in [5.74, 6) is 2.09. The summed E-state index contributed by atoms with van der Waals surface area (Å²) in [6.45, 7) is 2.72. The van der Waals surface area contributed by atoms with Gasteiger partial charge in [-0.2, -0.15) is 0 Å². The third-order valence-electron chi connectivity index (χ3n) is 4.62. The minimum atomic E-state index is -0.117. The number of methoxy groups -OCH3 is 1. The van der Waals surface area contributed by atoms with Gasteiger partial charge in [-0.15, -0.1) is 0 Å². The van der Waals surface area contributed by atoms with Gasteiger partial charge in [0.05, 0.1) is 7.11 Å². The average Bonchev–Trinajstić information content (AvgIpc) is 3.24. The number of hydrogen-bond donors (Lipinski definition) is 0. The van der Waals surface area contributed by atoms with Crippen LogP contribution in [-0.4, -0.2) is 54.2 Å². The quantitative estimate of drug-likeness (QED) is 0.709. The molecular formula is C20H20N4O3. The van der Waals surface area contributed by atoms with Gasteiger partial charge in [0.2, 0.25) is 0 Å². The van der Waals surface area contributed by atoms with Gasteiger partial charge in [-0.25, -0.2) is 4.98 Å². The summed E-state index contributed by atoms with van der Waals surface area (Å²) in [5, 5.41) is 3.97. The predicted molar refractivity (Wildman–Crippen MR) is 101 cm³/mol. The fourth-order valence-corrected chi connectivity index (χ4v) is 3.13. The van der Waals surface area contributed by atoms with Crippen LogP contribution in [0.3, 0.4) is 0 Å². The summed E-state index contributed by atoms with van der Waals surface area (Å²) < 4.78 is 10.6. The Balaban J connectivity index is 1.43. The van der Waals surface area contributed by atoms with Crippen LogP contribution in [0.25, 0.3) is 11.3 Å². The summed E-state index contributed by atoms with van der Waals surface area (Å²) in [7, 11) is 1.61. The number of rotatable bonds is 4. The summed E-state index contributed by atoms with van der Waals surface area (Å²) in [6, 6.07) is 15.0. The number of pyridine rings is 1. The molecule has 1 aliphatic heterocycles. The van der Waals surface area contributed by atoms with E-state index in [2.05, 4.69) is 15.0 Å². The lowest BCUT2D eigenvalue weighted by Crippen LogP contribution is -2.49. The Morgan fingerprint density at radius 1 is 1.07 bits per heavy atom. The molecule has 1 saturated heterocycles. The number of carbonyl (C=O) groups excluding carboxylic acids is 1. The summed E-state index contributed by atoms with van der Waals surface area (Å²) in [5.41, 5.74) is 1.14. The van der Waals surface area contributed by atoms with E-state index in [0.717, 1.165) is 30.2 Å². The summed E-state index contributed by atoms with van der Waals surface area (Å²) in [6.07, 6.45) is 1.78. The second kappa shape index (κ2) is 7.49. The molecule has 0 saturated carbocycles. The first-order chi connectivity index (χ1) is 13.2. The van der Waals surface area contributed by atoms with Crippen molar-refractivity contribution in [2.75, 3.05) is 38.2 Å². The third kappa shape index (κ3) is 3.62. The number of piperazine rings is 1. The SMILES string of the molecule is COc1cccc(-c2cc(C(=O)N3CCN(c4ccccn4)CC3)no2)c1. The number of ether oxygens (including phenoxy) is 1. The molecule has 0 spiro atoms. The smallest absolute Gasteiger partial charge is 0.276 e. The molecule has 3 aromatic rings. The largest absolute Gasteiger partial charge is 0.497 e. The molecule has 0 radical (unpaired) electrons. The van der Waals surface area contributed by atoms with Crippen LogP contribution < -0.4 is 9.64 Å². The standard InChI is InChI=1S/C20H20N4O3/c1-26-16-6-4-5-15(13-16)18-14-17(22-27-18)20(25)24-11-9-23(10-12-24)19-7-2-3-8-21-19/h2-8,13-14H,9-12H2,1H3. The van der Waals surface area contributed by atoms with E-state index in [1.807, 2.05) is 42.5 Å². The molecule has 0 unspecified atom stereocenters. The second-order valence-electron chi connectivity index (χ2n) is 6.28. The monoisotopic (exact) mass is 364 g/mol. The maximum atomic E-state index is 12.8. The molecular weight excluding hydrogens is 344 g/mol. The van der Waals surface area contributed by atoms with E-state index in [4.69, 9.17) is 9.26 Å². The first kappa shape index (κ1) is 17.1. The molecule has 2 aromatic heterocycles. The number of nitrogens with zero attached hydrogens (tertiary/aromatic N) is 4. The molecule has 0 bridgehead atoms. The Morgan fingerprint density at radius 3 is 2.67 bits per heavy atom. The maximum Gasteiger partial charge on any atom is 0.276 e. The van der Waals surface area contributed by atoms with Crippen LogP contribution >= 0.6 is 0 Å². The van der Waals surface area contributed by atoms with E-state index in [1.54, 1.807) is 24.3 Å². The minimum absolute atomic E-state index is 0.117. The molecule has 7 nitrogen and oxygen atoms in total. The van der Waals surface area contributed by atoms with Crippen LogP contribution in [0, 0.1) is 0 Å². The second-order valence-corrected chi connectivity index (χ2v) is 6.28. The number of anilines is 1. The Hall–Kier alpha value is -3.35. The van der Waals surface area contributed by atoms with Crippen molar-refractivity contribution in [1.82, 2.24) is 15.0 Å². The average molecular weight is 364 g/mol. The molecule has 138 valence electrons. The van der Waals surface area contributed by atoms with Crippen molar-refractivity contribution in [2.24, 2.45) is 0 Å². The van der Waals surface area contributed by atoms with E-state index in [1.165, 1.54) is 0 Å². The third-order valence-corrected chi connectivity index (χ3v) is 4.62. The van der Waals surface area contributed by atoms with Crippen LogP contribution in [-0.2, 0) is 0 Å². The number of carbonyl (C=O) groups is 1. The first-order valence-corrected chi connectivity index (χ1v) is 8.81. The van der Waals surface area contributed by atoms with Gasteiger partial charge in [-0.1, -0.05) is 23.4 Å². The van der Waals surface area contributed by atoms with Crippen molar-refractivity contribution in [3.63, 3.8) is 0 Å². The fourth-order valence-electron chi connectivity index (χ4n) is 3.13. The van der Waals surface area contributed by atoms with Crippen LogP contribution in [0.4, 0.5) is 5.82 Å². The van der Waals surface area contributed by atoms with Crippen molar-refractivity contribution in [3.05, 3.63) is 60.4 Å². The Labute approximate surface area is 157 Å². The normalized spacial score (nSPS) is 14.3. The highest BCUT2D eigenvalue weighted by Gasteiger charge is 2.25. The molecule has 1 aliphatic rings. The lowest BCUT2D eigenvalue weighted by Gasteiger charge is -2.34. The Kier molecular flexibility index (Phi) is 4.74. The highest BCUT2D eigenvalue weighted by molar-refractivity contribution is 5.93. The number of amides is 1. The molecule has 7 heteroatoms. The van der Waals surface area contributed by atoms with Gasteiger partial charge in [0.15, 0.2) is 11.5 Å². The Bertz CT molecular complexity index is 918. The van der Waals surface area contributed by atoms with E-state index >= 15 is 0 Å². The van der Waals surface area contributed by atoms with Gasteiger partial charge in [0.25, 0.3) is 5.91 Å². The van der Waals surface area contributed by atoms with Gasteiger partial charge in [-0.3, -0.25) is 4.79 Å². The lowest BCUT2D eigenvalue weighted by molar-refractivity contribution is 0.0736. The molecule has 0 atom stereocenters. The molecule has 1 aromatic carbocycles. The van der Waals surface area contributed by atoms with Gasteiger partial charge in [0, 0.05) is 44.0 Å². The lowest BCUT2D eigenvalue weighted by atomic mass is 10.1. The first-order valence-electron chi connectivity index (χ1n) is 8.81. The van der Waals surface area contributed by atoms with Crippen molar-refractivity contribution in [3.8, 4) is 17.1 Å². The zero-order chi connectivity index (χ0) is 18.6. The van der Waals surface area contributed by atoms with Crippen LogP contribution in [0.15, 0.2) is 59.3 Å². The highest BCUT2D eigenvalue weighted by Crippen LogP contribution is 2.25. The van der Waals surface area contributed by atoms with Crippen LogP contribution in [0.1, 0.15) is 10.5 Å². The van der Waals surface area contributed by atoms with Crippen molar-refractivity contribution in [1.29, 1.82) is 0 Å². The topological polar surface area (TPSA) is 71.7 Å². The zero-order valence-electron chi connectivity index (χ0n) is 15.0. The van der Waals surface area contributed by atoms with Crippen LogP contribution in [0.2, 0.25) is 0 Å². The summed E-state index contributed by atoms with van der Waals surface area (Å²) >= 11 is 0. The molecule has 0 aliphatic carbocycles. The molecule has 1 amide bonds. The fraction of sp³-hybridized carbons (Fsp3) is 0.250. The van der Waals surface area contributed by atoms with E-state index in [9.17, 15) is 4.79 Å². The van der Waals surface area contributed by atoms with E-state index < -0.39 is 0 Å². The summed E-state index contributed by atoms with van der Waals surface area (Å²) in [4.78, 5) is 21.1. The molecule has 1 fully saturated rings. The molecule has 27 heavy (non-hydrogen) atoms. The van der Waals surface area contributed by atoms with E-state index in [0.29, 0.717) is 24.5 Å². The maximum absolute atomic E-state index is 12.8. The molecule has 0 N–H and O–H groups in total. The number of aromatic nitrogens is 2. The van der Waals surface area contributed by atoms with Gasteiger partial charge in [0.1, 0.15) is 11.6 Å². The number of benzene rings is 1.